The first-order valence-corrected chi connectivity index (χ1v) is 10.4. The standard InChI is InChI=1S/C26H28O6/c1-15(2)22-20-12-19(26(28)30-6)13-21(32-17(4)27)23(20)16(3)24(25(22)29-5)31-14-18-10-8-7-9-11-18/h7-13,15H,14H2,1-6H3. The number of ether oxygens (including phenoxy) is 4. The molecule has 0 heterocycles. The second-order valence-corrected chi connectivity index (χ2v) is 7.81. The summed E-state index contributed by atoms with van der Waals surface area (Å²) in [5.74, 6) is 0.480. The molecule has 32 heavy (non-hydrogen) atoms. The Morgan fingerprint density at radius 3 is 2.25 bits per heavy atom. The molecule has 3 aromatic carbocycles. The molecule has 168 valence electrons. The number of esters is 2. The molecule has 3 rings (SSSR count). The fourth-order valence-corrected chi connectivity index (χ4v) is 3.89. The lowest BCUT2D eigenvalue weighted by atomic mass is 9.90. The van der Waals surface area contributed by atoms with Crippen molar-refractivity contribution in [3.05, 3.63) is 64.7 Å². The molecule has 0 aliphatic heterocycles. The molecule has 0 amide bonds. The average Bonchev–Trinajstić information content (AvgIpc) is 2.77. The molecule has 0 radical (unpaired) electrons. The van der Waals surface area contributed by atoms with Crippen LogP contribution in [0.3, 0.4) is 0 Å². The Bertz CT molecular complexity index is 1150. The van der Waals surface area contributed by atoms with Crippen LogP contribution in [-0.2, 0) is 16.1 Å². The summed E-state index contributed by atoms with van der Waals surface area (Å²) < 4.78 is 22.5. The van der Waals surface area contributed by atoms with Crippen LogP contribution in [0.25, 0.3) is 10.8 Å². The minimum Gasteiger partial charge on any atom is -0.493 e. The average molecular weight is 437 g/mol. The number of hydrogen-bond donors (Lipinski definition) is 0. The van der Waals surface area contributed by atoms with Gasteiger partial charge < -0.3 is 18.9 Å². The van der Waals surface area contributed by atoms with Crippen molar-refractivity contribution in [1.82, 2.24) is 0 Å². The number of hydrogen-bond acceptors (Lipinski definition) is 6. The topological polar surface area (TPSA) is 71.1 Å². The first kappa shape index (κ1) is 23.1. The van der Waals surface area contributed by atoms with E-state index in [1.807, 2.05) is 51.1 Å². The van der Waals surface area contributed by atoms with Crippen molar-refractivity contribution in [2.75, 3.05) is 14.2 Å². The van der Waals surface area contributed by atoms with E-state index in [1.165, 1.54) is 20.1 Å². The van der Waals surface area contributed by atoms with Gasteiger partial charge in [-0.3, -0.25) is 4.79 Å². The predicted octanol–water partition coefficient (Wildman–Crippen LogP) is 5.57. The van der Waals surface area contributed by atoms with Gasteiger partial charge >= 0.3 is 11.9 Å². The number of rotatable bonds is 7. The molecule has 0 saturated carbocycles. The number of fused-ring (bicyclic) bond motifs is 1. The third kappa shape index (κ3) is 4.54. The Morgan fingerprint density at radius 2 is 1.69 bits per heavy atom. The molecular formula is C26H28O6. The maximum absolute atomic E-state index is 12.3. The van der Waals surface area contributed by atoms with Gasteiger partial charge in [-0.15, -0.1) is 0 Å². The van der Waals surface area contributed by atoms with Crippen molar-refractivity contribution in [2.24, 2.45) is 0 Å². The molecule has 0 fully saturated rings. The van der Waals surface area contributed by atoms with Crippen molar-refractivity contribution in [3.8, 4) is 17.2 Å². The molecule has 6 nitrogen and oxygen atoms in total. The second-order valence-electron chi connectivity index (χ2n) is 7.81. The summed E-state index contributed by atoms with van der Waals surface area (Å²) in [6.07, 6.45) is 0. The van der Waals surface area contributed by atoms with E-state index in [2.05, 4.69) is 0 Å². The normalized spacial score (nSPS) is 10.8. The lowest BCUT2D eigenvalue weighted by molar-refractivity contribution is -0.131. The molecule has 0 aromatic heterocycles. The first-order valence-electron chi connectivity index (χ1n) is 10.4. The Morgan fingerprint density at radius 1 is 1.00 bits per heavy atom. The van der Waals surface area contributed by atoms with Gasteiger partial charge in [-0.1, -0.05) is 44.2 Å². The molecule has 0 spiro atoms. The summed E-state index contributed by atoms with van der Waals surface area (Å²) in [5.41, 5.74) is 2.92. The number of aryl methyl sites for hydroxylation is 1. The lowest BCUT2D eigenvalue weighted by Gasteiger charge is -2.23. The van der Waals surface area contributed by atoms with Crippen molar-refractivity contribution in [1.29, 1.82) is 0 Å². The summed E-state index contributed by atoms with van der Waals surface area (Å²) in [7, 11) is 2.91. The van der Waals surface area contributed by atoms with Crippen LogP contribution < -0.4 is 14.2 Å². The summed E-state index contributed by atoms with van der Waals surface area (Å²) >= 11 is 0. The molecule has 0 aliphatic rings. The maximum Gasteiger partial charge on any atom is 0.338 e. The van der Waals surface area contributed by atoms with Crippen molar-refractivity contribution in [3.63, 3.8) is 0 Å². The number of benzene rings is 3. The van der Waals surface area contributed by atoms with Crippen molar-refractivity contribution >= 4 is 22.7 Å². The minimum atomic E-state index is -0.518. The van der Waals surface area contributed by atoms with E-state index in [0.717, 1.165) is 22.1 Å². The number of carbonyl (C=O) groups excluding carboxylic acids is 2. The molecule has 0 unspecified atom stereocenters. The molecule has 0 atom stereocenters. The Balaban J connectivity index is 2.33. The van der Waals surface area contributed by atoms with Gasteiger partial charge in [-0.05, 0) is 35.9 Å². The lowest BCUT2D eigenvalue weighted by Crippen LogP contribution is -2.09. The number of carbonyl (C=O) groups is 2. The highest BCUT2D eigenvalue weighted by atomic mass is 16.5. The van der Waals surface area contributed by atoms with E-state index in [0.29, 0.717) is 23.5 Å². The van der Waals surface area contributed by atoms with E-state index in [4.69, 9.17) is 18.9 Å². The van der Waals surface area contributed by atoms with Gasteiger partial charge in [0, 0.05) is 23.4 Å². The highest BCUT2D eigenvalue weighted by Gasteiger charge is 2.26. The summed E-state index contributed by atoms with van der Waals surface area (Å²) in [6, 6.07) is 13.1. The second kappa shape index (κ2) is 9.73. The van der Waals surface area contributed by atoms with Gasteiger partial charge in [0.25, 0.3) is 0 Å². The largest absolute Gasteiger partial charge is 0.493 e. The first-order chi connectivity index (χ1) is 15.3. The Kier molecular flexibility index (Phi) is 7.03. The maximum atomic E-state index is 12.3. The highest BCUT2D eigenvalue weighted by Crippen LogP contribution is 2.48. The zero-order valence-electron chi connectivity index (χ0n) is 19.3. The van der Waals surface area contributed by atoms with Gasteiger partial charge in [-0.25, -0.2) is 4.79 Å². The van der Waals surface area contributed by atoms with Crippen LogP contribution in [0.4, 0.5) is 0 Å². The van der Waals surface area contributed by atoms with Crippen LogP contribution in [0.5, 0.6) is 17.2 Å². The molecule has 0 N–H and O–H groups in total. The van der Waals surface area contributed by atoms with Gasteiger partial charge in [0.2, 0.25) is 0 Å². The van der Waals surface area contributed by atoms with Crippen molar-refractivity contribution in [2.45, 2.75) is 40.2 Å². The van der Waals surface area contributed by atoms with Gasteiger partial charge in [0.05, 0.1) is 19.8 Å². The van der Waals surface area contributed by atoms with Crippen LogP contribution in [0.1, 0.15) is 53.7 Å². The molecule has 6 heteroatoms. The monoisotopic (exact) mass is 436 g/mol. The van der Waals surface area contributed by atoms with Gasteiger partial charge in [0.1, 0.15) is 12.4 Å². The Hall–Kier alpha value is -3.54. The molecular weight excluding hydrogens is 408 g/mol. The van der Waals surface area contributed by atoms with E-state index in [1.54, 1.807) is 13.2 Å². The van der Waals surface area contributed by atoms with E-state index < -0.39 is 11.9 Å². The zero-order chi connectivity index (χ0) is 23.4. The SMILES string of the molecule is COC(=O)c1cc(OC(C)=O)c2c(C)c(OCc3ccccc3)c(OC)c(C(C)C)c2c1. The van der Waals surface area contributed by atoms with Gasteiger partial charge in [-0.2, -0.15) is 0 Å². The zero-order valence-corrected chi connectivity index (χ0v) is 19.3. The smallest absolute Gasteiger partial charge is 0.338 e. The molecule has 0 saturated heterocycles. The highest BCUT2D eigenvalue weighted by molar-refractivity contribution is 6.04. The predicted molar refractivity (Wildman–Crippen MR) is 123 cm³/mol. The van der Waals surface area contributed by atoms with Crippen LogP contribution in [0, 0.1) is 6.92 Å². The van der Waals surface area contributed by atoms with Gasteiger partial charge in [0.15, 0.2) is 11.5 Å². The van der Waals surface area contributed by atoms with Crippen LogP contribution >= 0.6 is 0 Å². The minimum absolute atomic E-state index is 0.0326. The molecule has 0 aliphatic carbocycles. The summed E-state index contributed by atoms with van der Waals surface area (Å²) in [5, 5.41) is 1.45. The van der Waals surface area contributed by atoms with Crippen molar-refractivity contribution < 1.29 is 28.5 Å². The van der Waals surface area contributed by atoms with E-state index in [-0.39, 0.29) is 17.2 Å². The van der Waals surface area contributed by atoms with Crippen LogP contribution in [0.2, 0.25) is 0 Å². The molecule has 3 aromatic rings. The van der Waals surface area contributed by atoms with Crippen LogP contribution in [0.15, 0.2) is 42.5 Å². The molecule has 0 bridgehead atoms. The quantitative estimate of drug-likeness (QED) is 0.356. The van der Waals surface area contributed by atoms with E-state index >= 15 is 0 Å². The fourth-order valence-electron chi connectivity index (χ4n) is 3.89. The summed E-state index contributed by atoms with van der Waals surface area (Å²) in [6.45, 7) is 7.63. The van der Waals surface area contributed by atoms with Crippen LogP contribution in [-0.4, -0.2) is 26.2 Å². The fraction of sp³-hybridized carbons (Fsp3) is 0.308. The Labute approximate surface area is 188 Å². The third-order valence-electron chi connectivity index (χ3n) is 5.24. The van der Waals surface area contributed by atoms with E-state index in [9.17, 15) is 9.59 Å². The summed E-state index contributed by atoms with van der Waals surface area (Å²) in [4.78, 5) is 24.2. The third-order valence-corrected chi connectivity index (χ3v) is 5.24. The number of methoxy groups -OCH3 is 2.